The Morgan fingerprint density at radius 1 is 0.911 bits per heavy atom. The van der Waals surface area contributed by atoms with E-state index in [0.717, 1.165) is 18.5 Å². The molecule has 1 aliphatic carbocycles. The van der Waals surface area contributed by atoms with E-state index in [4.69, 9.17) is 29.4 Å². The first kappa shape index (κ1) is 57.2. The minimum atomic E-state index is -1.59. The fourth-order valence-electron chi connectivity index (χ4n) is 10.4. The number of carbonyl (C=O) groups excluding carboxylic acids is 5. The second kappa shape index (κ2) is 25.7. The Kier molecular flexibility index (Phi) is 18.6. The maximum Gasteiger partial charge on any atom is 0.413 e. The van der Waals surface area contributed by atoms with Crippen LogP contribution in [0.1, 0.15) is 78.2 Å². The molecule has 3 aliphatic heterocycles. The molecule has 6 amide bonds. The lowest BCUT2D eigenvalue weighted by atomic mass is 9.68. The van der Waals surface area contributed by atoms with Crippen LogP contribution in [-0.2, 0) is 35.2 Å². The molecule has 7 N–H and O–H groups in total. The number of hydrogen-bond donors (Lipinski definition) is 6. The Labute approximate surface area is 459 Å². The van der Waals surface area contributed by atoms with Gasteiger partial charge in [0.1, 0.15) is 36.0 Å². The lowest BCUT2D eigenvalue weighted by Crippen LogP contribution is -2.55. The molecule has 1 saturated carbocycles. The smallest absolute Gasteiger partial charge is 0.413 e. The number of nitrogens with zero attached hydrogens (tertiary/aromatic N) is 7. The van der Waals surface area contributed by atoms with E-state index < -0.39 is 47.0 Å². The summed E-state index contributed by atoms with van der Waals surface area (Å²) in [5.41, 5.74) is 6.86. The van der Waals surface area contributed by atoms with Gasteiger partial charge >= 0.3 is 24.2 Å². The summed E-state index contributed by atoms with van der Waals surface area (Å²) in [7, 11) is 1.54. The first-order valence-corrected chi connectivity index (χ1v) is 26.7. The molecule has 4 aliphatic rings. The van der Waals surface area contributed by atoms with Crippen LogP contribution in [0.25, 0.3) is 11.3 Å². The minimum absolute atomic E-state index is 0.0246. The highest BCUT2D eigenvalue weighted by Gasteiger charge is 2.52. The number of ether oxygens (including phenoxy) is 5. The standard InChI is InChI=1S/C55H72N12O12/c1-35-30-65(53(74)79-54(2,3)4)25-24-64(35)26-27-76-46-28-38(19-23-57-46)67-39-17-18-40(67)32-66(31-39)44-29-43(41-10-6-7-12-45(41)78-34-75-5)62-63-47(44)61-52(73)77-33-36-13-15-37(16-14-36)59-48(68)42(11-8-22-58-51(56)72)60-49(69)55(50(70)71)20-9-21-55/h6-7,10,12-16,19,23,28-29,35,39-40,42H,8-9,11,17-18,20-22,24-27,30-34H2,1-5H3,(H,59,68)(H,60,69)(H,70,71)(H3,56,58,72)(H,61,63,73)/t35-,39?,40?,42?/m1/s1. The van der Waals surface area contributed by atoms with Crippen molar-refractivity contribution in [1.29, 1.82) is 0 Å². The molecule has 2 bridgehead atoms. The van der Waals surface area contributed by atoms with Crippen molar-refractivity contribution >= 4 is 58.9 Å². The van der Waals surface area contributed by atoms with Crippen LogP contribution in [0.2, 0.25) is 0 Å². The quantitative estimate of drug-likeness (QED) is 0.0318. The average Bonchev–Trinajstić information content (AvgIpc) is 3.74. The fraction of sp³-hybridized carbons (Fsp3) is 0.509. The topological polar surface area (TPSA) is 295 Å². The van der Waals surface area contributed by atoms with E-state index in [-0.39, 0.29) is 75.7 Å². The number of benzene rings is 2. The van der Waals surface area contributed by atoms with Gasteiger partial charge in [0.2, 0.25) is 17.7 Å². The van der Waals surface area contributed by atoms with Crippen LogP contribution < -0.4 is 46.3 Å². The van der Waals surface area contributed by atoms with E-state index in [0.29, 0.717) is 92.1 Å². The predicted octanol–water partition coefficient (Wildman–Crippen LogP) is 5.57. The van der Waals surface area contributed by atoms with Gasteiger partial charge in [-0.05, 0) is 108 Å². The van der Waals surface area contributed by atoms with Crippen molar-refractivity contribution in [2.24, 2.45) is 11.1 Å². The van der Waals surface area contributed by atoms with E-state index in [2.05, 4.69) is 58.1 Å². The molecule has 2 aromatic heterocycles. The SMILES string of the molecule is COCOc1ccccc1-c1cc(N2CC3CCC(C2)N3c2ccnc(OCCN3CCN(C(=O)OC(C)(C)C)C[C@H]3C)c2)c(NC(=O)OCc2ccc(NC(=O)C(CCCNC(N)=O)NC(=O)C3(C(=O)O)CCC3)cc2)nn1. The number of amides is 6. The summed E-state index contributed by atoms with van der Waals surface area (Å²) in [6.45, 7) is 11.9. The highest BCUT2D eigenvalue weighted by atomic mass is 16.7. The molecule has 0 spiro atoms. The van der Waals surface area contributed by atoms with Crippen LogP contribution in [0.4, 0.5) is 37.3 Å². The van der Waals surface area contributed by atoms with Crippen LogP contribution >= 0.6 is 0 Å². The highest BCUT2D eigenvalue weighted by Crippen LogP contribution is 2.42. The number of piperazine rings is 2. The molecular formula is C55H72N12O12. The number of para-hydroxylation sites is 1. The molecule has 79 heavy (non-hydrogen) atoms. The molecule has 424 valence electrons. The number of rotatable bonds is 22. The van der Waals surface area contributed by atoms with Crippen molar-refractivity contribution < 1.29 is 57.6 Å². The minimum Gasteiger partial charge on any atom is -0.480 e. The number of primary amides is 1. The molecule has 8 rings (SSSR count). The highest BCUT2D eigenvalue weighted by molar-refractivity contribution is 6.05. The third-order valence-corrected chi connectivity index (χ3v) is 14.6. The van der Waals surface area contributed by atoms with Gasteiger partial charge < -0.3 is 65.2 Å². The maximum absolute atomic E-state index is 13.6. The number of carbonyl (C=O) groups is 6. The van der Waals surface area contributed by atoms with Gasteiger partial charge in [-0.15, -0.1) is 10.2 Å². The Hall–Kier alpha value is -7.99. The first-order valence-electron chi connectivity index (χ1n) is 26.7. The zero-order valence-corrected chi connectivity index (χ0v) is 45.4. The van der Waals surface area contributed by atoms with Crippen LogP contribution in [-0.4, -0.2) is 162 Å². The van der Waals surface area contributed by atoms with E-state index in [1.807, 2.05) is 63.2 Å². The molecule has 3 saturated heterocycles. The summed E-state index contributed by atoms with van der Waals surface area (Å²) >= 11 is 0. The van der Waals surface area contributed by atoms with Crippen molar-refractivity contribution in [2.45, 2.75) is 109 Å². The number of fused-ring (bicyclic) bond motifs is 2. The number of hydrogen-bond acceptors (Lipinski definition) is 17. The summed E-state index contributed by atoms with van der Waals surface area (Å²) < 4.78 is 28.6. The second-order valence-electron chi connectivity index (χ2n) is 21.3. The molecule has 0 radical (unpaired) electrons. The normalized spacial score (nSPS) is 19.1. The summed E-state index contributed by atoms with van der Waals surface area (Å²) in [5.74, 6) is -1.29. The van der Waals surface area contributed by atoms with E-state index in [1.165, 1.54) is 0 Å². The van der Waals surface area contributed by atoms with Crippen molar-refractivity contribution in [3.63, 3.8) is 0 Å². The number of pyridine rings is 1. The van der Waals surface area contributed by atoms with E-state index in [1.54, 1.807) is 42.5 Å². The Morgan fingerprint density at radius 2 is 1.66 bits per heavy atom. The van der Waals surface area contributed by atoms with Crippen molar-refractivity contribution in [1.82, 2.24) is 35.6 Å². The molecule has 24 nitrogen and oxygen atoms in total. The molecular weight excluding hydrogens is 1020 g/mol. The van der Waals surface area contributed by atoms with Gasteiger partial charge in [-0.1, -0.05) is 30.7 Å². The van der Waals surface area contributed by atoms with Crippen LogP contribution in [0.3, 0.4) is 0 Å². The number of methoxy groups -OCH3 is 1. The zero-order chi connectivity index (χ0) is 56.3. The number of anilines is 4. The lowest BCUT2D eigenvalue weighted by Gasteiger charge is -2.43. The zero-order valence-electron chi connectivity index (χ0n) is 45.4. The van der Waals surface area contributed by atoms with Crippen LogP contribution in [0.5, 0.6) is 11.6 Å². The number of carboxylic acid groups (broad SMARTS) is 1. The number of carboxylic acids is 1. The van der Waals surface area contributed by atoms with Crippen molar-refractivity contribution in [3.8, 4) is 22.9 Å². The Balaban J connectivity index is 0.903. The average molecular weight is 1090 g/mol. The molecule has 4 aromatic rings. The summed E-state index contributed by atoms with van der Waals surface area (Å²) in [4.78, 5) is 89.4. The largest absolute Gasteiger partial charge is 0.480 e. The number of aliphatic carboxylic acids is 1. The summed E-state index contributed by atoms with van der Waals surface area (Å²) in [6, 6.07) is 18.4. The van der Waals surface area contributed by atoms with Crippen molar-refractivity contribution in [2.75, 3.05) is 86.8 Å². The number of aromatic nitrogens is 3. The van der Waals surface area contributed by atoms with Gasteiger partial charge in [-0.25, -0.2) is 19.4 Å². The number of urea groups is 1. The third kappa shape index (κ3) is 14.6. The van der Waals surface area contributed by atoms with Crippen LogP contribution in [0, 0.1) is 5.41 Å². The molecule has 24 heteroatoms. The number of nitrogens with one attached hydrogen (secondary N) is 4. The molecule has 2 aromatic carbocycles. The first-order chi connectivity index (χ1) is 37.9. The molecule has 4 atom stereocenters. The predicted molar refractivity (Wildman–Crippen MR) is 292 cm³/mol. The van der Waals surface area contributed by atoms with Gasteiger partial charge in [-0.3, -0.25) is 24.6 Å². The molecule has 4 fully saturated rings. The van der Waals surface area contributed by atoms with E-state index in [9.17, 15) is 33.9 Å². The van der Waals surface area contributed by atoms with Gasteiger partial charge in [0.05, 0.1) is 11.4 Å². The monoisotopic (exact) mass is 1090 g/mol. The van der Waals surface area contributed by atoms with Crippen molar-refractivity contribution in [3.05, 3.63) is 78.5 Å². The van der Waals surface area contributed by atoms with Gasteiger partial charge in [0.15, 0.2) is 12.6 Å². The molecule has 5 heterocycles. The van der Waals surface area contributed by atoms with Gasteiger partial charge in [-0.2, -0.15) is 0 Å². The van der Waals surface area contributed by atoms with E-state index >= 15 is 0 Å². The third-order valence-electron chi connectivity index (χ3n) is 14.6. The molecule has 3 unspecified atom stereocenters. The van der Waals surface area contributed by atoms with Crippen LogP contribution in [0.15, 0.2) is 72.9 Å². The Morgan fingerprint density at radius 3 is 2.33 bits per heavy atom. The Bertz CT molecular complexity index is 2800. The number of nitrogens with two attached hydrogens (primary N) is 1. The fourth-order valence-corrected chi connectivity index (χ4v) is 10.4. The summed E-state index contributed by atoms with van der Waals surface area (Å²) in [6.07, 6.45) is 3.86. The van der Waals surface area contributed by atoms with Gasteiger partial charge in [0.25, 0.3) is 0 Å². The lowest BCUT2D eigenvalue weighted by molar-refractivity contribution is -0.162. The maximum atomic E-state index is 13.6. The second-order valence-corrected chi connectivity index (χ2v) is 21.3. The van der Waals surface area contributed by atoms with Gasteiger partial charge in [0, 0.05) is 100 Å². The summed E-state index contributed by atoms with van der Waals surface area (Å²) in [5, 5.41) is 29.5.